The van der Waals surface area contributed by atoms with Gasteiger partial charge >= 0.3 is 6.11 Å². The molecule has 3 aromatic carbocycles. The molecule has 0 bridgehead atoms. The third kappa shape index (κ3) is 5.53. The van der Waals surface area contributed by atoms with Crippen molar-refractivity contribution >= 4 is 0 Å². The molecule has 1 heterocycles. The zero-order valence-corrected chi connectivity index (χ0v) is 18.0. The van der Waals surface area contributed by atoms with Gasteiger partial charge in [0.2, 0.25) is 0 Å². The van der Waals surface area contributed by atoms with E-state index in [1.165, 1.54) is 36.4 Å². The Morgan fingerprint density at radius 2 is 1.61 bits per heavy atom. The third-order valence-corrected chi connectivity index (χ3v) is 5.68. The molecule has 0 aromatic heterocycles. The van der Waals surface area contributed by atoms with Crippen LogP contribution in [0.5, 0.6) is 5.75 Å². The minimum atomic E-state index is -3.41. The first-order chi connectivity index (χ1) is 15.8. The lowest BCUT2D eigenvalue weighted by Gasteiger charge is -2.19. The first kappa shape index (κ1) is 23.2. The maximum atomic E-state index is 14.6. The molecule has 0 amide bonds. The standard InChI is InChI=1S/C26H23F5O2/c1-2-16-3-5-17(6-4-16)13-14-26(30,31)33-19-9-7-18(8-10-19)20-11-12-21(22-15-32-22)24(27)23(20)25(28)29/h3-12,22,25H,2,13-15H2,1H3. The van der Waals surface area contributed by atoms with Crippen LogP contribution >= 0.6 is 0 Å². The summed E-state index contributed by atoms with van der Waals surface area (Å²) in [5.41, 5.74) is 1.56. The SMILES string of the molecule is CCc1ccc(CCC(F)(F)Oc2ccc(-c3ccc(C4CO4)c(F)c3C(F)F)cc2)cc1. The molecular formula is C26H23F5O2. The van der Waals surface area contributed by atoms with E-state index in [1.807, 2.05) is 31.2 Å². The maximum absolute atomic E-state index is 14.6. The van der Waals surface area contributed by atoms with E-state index in [4.69, 9.17) is 9.47 Å². The molecule has 0 N–H and O–H groups in total. The smallest absolute Gasteiger partial charge is 0.398 e. The second-order valence-electron chi connectivity index (χ2n) is 7.99. The summed E-state index contributed by atoms with van der Waals surface area (Å²) in [7, 11) is 0. The lowest BCUT2D eigenvalue weighted by Crippen LogP contribution is -2.25. The number of alkyl halides is 4. The number of epoxide rings is 1. The molecule has 0 saturated carbocycles. The molecule has 4 rings (SSSR count). The predicted octanol–water partition coefficient (Wildman–Crippen LogP) is 7.67. The van der Waals surface area contributed by atoms with Crippen molar-refractivity contribution in [1.82, 2.24) is 0 Å². The monoisotopic (exact) mass is 462 g/mol. The molecule has 2 nitrogen and oxygen atoms in total. The average Bonchev–Trinajstić information content (AvgIpc) is 3.63. The van der Waals surface area contributed by atoms with Crippen LogP contribution in [0.4, 0.5) is 22.0 Å². The first-order valence-corrected chi connectivity index (χ1v) is 10.7. The van der Waals surface area contributed by atoms with E-state index in [1.54, 1.807) is 0 Å². The Labute approximate surface area is 189 Å². The fraction of sp³-hybridized carbons (Fsp3) is 0.308. The lowest BCUT2D eigenvalue weighted by atomic mass is 9.96. The van der Waals surface area contributed by atoms with E-state index in [2.05, 4.69) is 0 Å². The highest BCUT2D eigenvalue weighted by Crippen LogP contribution is 2.40. The Morgan fingerprint density at radius 3 is 2.18 bits per heavy atom. The summed E-state index contributed by atoms with van der Waals surface area (Å²) < 4.78 is 80.4. The second kappa shape index (κ2) is 9.51. The van der Waals surface area contributed by atoms with Gasteiger partial charge in [0.15, 0.2) is 0 Å². The molecule has 1 unspecified atom stereocenters. The number of aryl methyl sites for hydroxylation is 2. The van der Waals surface area contributed by atoms with E-state index in [0.29, 0.717) is 6.61 Å². The van der Waals surface area contributed by atoms with Gasteiger partial charge in [-0.25, -0.2) is 13.2 Å². The highest BCUT2D eigenvalue weighted by Gasteiger charge is 2.33. The van der Waals surface area contributed by atoms with Gasteiger partial charge in [0, 0.05) is 5.56 Å². The van der Waals surface area contributed by atoms with Gasteiger partial charge in [-0.3, -0.25) is 0 Å². The summed E-state index contributed by atoms with van der Waals surface area (Å²) in [6.07, 6.45) is -6.43. The summed E-state index contributed by atoms with van der Waals surface area (Å²) in [6, 6.07) is 15.5. The first-order valence-electron chi connectivity index (χ1n) is 10.7. The Kier molecular flexibility index (Phi) is 6.70. The van der Waals surface area contributed by atoms with Crippen LogP contribution in [0.2, 0.25) is 0 Å². The van der Waals surface area contributed by atoms with Gasteiger partial charge in [-0.1, -0.05) is 55.5 Å². The number of rotatable bonds is 9. The summed E-state index contributed by atoms with van der Waals surface area (Å²) in [5, 5.41) is 0. The summed E-state index contributed by atoms with van der Waals surface area (Å²) in [6.45, 7) is 2.31. The van der Waals surface area contributed by atoms with Crippen LogP contribution in [-0.2, 0) is 17.6 Å². The molecule has 33 heavy (non-hydrogen) atoms. The second-order valence-corrected chi connectivity index (χ2v) is 7.99. The fourth-order valence-corrected chi connectivity index (χ4v) is 3.71. The number of benzene rings is 3. The van der Waals surface area contributed by atoms with Crippen molar-refractivity contribution in [1.29, 1.82) is 0 Å². The van der Waals surface area contributed by atoms with Crippen molar-refractivity contribution in [3.63, 3.8) is 0 Å². The fourth-order valence-electron chi connectivity index (χ4n) is 3.71. The van der Waals surface area contributed by atoms with E-state index in [0.717, 1.165) is 17.5 Å². The van der Waals surface area contributed by atoms with Crippen LogP contribution in [0.15, 0.2) is 60.7 Å². The van der Waals surface area contributed by atoms with Crippen molar-refractivity contribution in [3.05, 3.63) is 88.7 Å². The van der Waals surface area contributed by atoms with Gasteiger partial charge in [-0.2, -0.15) is 8.78 Å². The van der Waals surface area contributed by atoms with Crippen LogP contribution in [0.25, 0.3) is 11.1 Å². The van der Waals surface area contributed by atoms with Crippen LogP contribution in [0, 0.1) is 5.82 Å². The Balaban J connectivity index is 1.46. The Hall–Kier alpha value is -2.93. The molecule has 7 heteroatoms. The maximum Gasteiger partial charge on any atom is 0.398 e. The normalized spacial score (nSPS) is 15.7. The van der Waals surface area contributed by atoms with Crippen LogP contribution in [0.1, 0.15) is 48.1 Å². The number of hydrogen-bond acceptors (Lipinski definition) is 2. The lowest BCUT2D eigenvalue weighted by molar-refractivity contribution is -0.180. The Bertz CT molecular complexity index is 1090. The van der Waals surface area contributed by atoms with Crippen molar-refractivity contribution < 1.29 is 31.4 Å². The molecule has 1 aliphatic rings. The molecule has 0 radical (unpaired) electrons. The van der Waals surface area contributed by atoms with Crippen LogP contribution < -0.4 is 4.74 Å². The molecule has 0 aliphatic carbocycles. The van der Waals surface area contributed by atoms with Gasteiger partial charge in [-0.15, -0.1) is 0 Å². The minimum absolute atomic E-state index is 0.000682. The van der Waals surface area contributed by atoms with Crippen LogP contribution in [0.3, 0.4) is 0 Å². The van der Waals surface area contributed by atoms with Gasteiger partial charge in [0.05, 0.1) is 18.6 Å². The molecule has 3 aromatic rings. The molecule has 0 spiro atoms. The van der Waals surface area contributed by atoms with E-state index < -0.39 is 36.4 Å². The van der Waals surface area contributed by atoms with Gasteiger partial charge in [0.25, 0.3) is 6.43 Å². The molecule has 1 fully saturated rings. The zero-order valence-electron chi connectivity index (χ0n) is 18.0. The van der Waals surface area contributed by atoms with E-state index in [9.17, 15) is 22.0 Å². The van der Waals surface area contributed by atoms with E-state index in [-0.39, 0.29) is 28.9 Å². The number of hydrogen-bond donors (Lipinski definition) is 0. The van der Waals surface area contributed by atoms with Crippen molar-refractivity contribution in [2.24, 2.45) is 0 Å². The topological polar surface area (TPSA) is 21.8 Å². The van der Waals surface area contributed by atoms with Crippen molar-refractivity contribution in [2.75, 3.05) is 6.61 Å². The predicted molar refractivity (Wildman–Crippen MR) is 115 cm³/mol. The summed E-state index contributed by atoms with van der Waals surface area (Å²) in [4.78, 5) is 0. The number of ether oxygens (including phenoxy) is 2. The minimum Gasteiger partial charge on any atom is -0.433 e. The van der Waals surface area contributed by atoms with Gasteiger partial charge in [0.1, 0.15) is 17.7 Å². The molecule has 1 aliphatic heterocycles. The van der Waals surface area contributed by atoms with Crippen molar-refractivity contribution in [2.45, 2.75) is 44.8 Å². The average molecular weight is 462 g/mol. The van der Waals surface area contributed by atoms with E-state index >= 15 is 0 Å². The largest absolute Gasteiger partial charge is 0.433 e. The van der Waals surface area contributed by atoms with Gasteiger partial charge < -0.3 is 9.47 Å². The highest BCUT2D eigenvalue weighted by atomic mass is 19.3. The molecule has 174 valence electrons. The zero-order chi connectivity index (χ0) is 23.6. The van der Waals surface area contributed by atoms with Crippen molar-refractivity contribution in [3.8, 4) is 16.9 Å². The summed E-state index contributed by atoms with van der Waals surface area (Å²) >= 11 is 0. The molecule has 1 atom stereocenters. The quantitative estimate of drug-likeness (QED) is 0.240. The van der Waals surface area contributed by atoms with Crippen LogP contribution in [-0.4, -0.2) is 12.7 Å². The Morgan fingerprint density at radius 1 is 0.970 bits per heavy atom. The molecule has 1 saturated heterocycles. The third-order valence-electron chi connectivity index (χ3n) is 5.68. The summed E-state index contributed by atoms with van der Waals surface area (Å²) in [5.74, 6) is -1.10. The molecular weight excluding hydrogens is 439 g/mol. The van der Waals surface area contributed by atoms with Gasteiger partial charge in [-0.05, 0) is 47.2 Å². The number of halogens is 5. The highest BCUT2D eigenvalue weighted by molar-refractivity contribution is 5.69.